The van der Waals surface area contributed by atoms with Gasteiger partial charge < -0.3 is 4.98 Å². The van der Waals surface area contributed by atoms with Crippen LogP contribution in [0, 0.1) is 6.92 Å². The van der Waals surface area contributed by atoms with E-state index in [0.29, 0.717) is 0 Å². The molecule has 0 aliphatic carbocycles. The first-order chi connectivity index (χ1) is 10.3. The molecule has 3 heteroatoms. The number of fused-ring (bicyclic) bond motifs is 2. The van der Waals surface area contributed by atoms with Crippen molar-refractivity contribution in [2.45, 2.75) is 5.92 Å². The minimum atomic E-state index is -0.0259. The summed E-state index contributed by atoms with van der Waals surface area (Å²) in [6.07, 6.45) is 3.53. The highest BCUT2D eigenvalue weighted by atomic mass is 14.9. The molecule has 0 saturated heterocycles. The Labute approximate surface area is 122 Å². The first-order valence-electron chi connectivity index (χ1n) is 6.93. The molecular formula is C18H14N3. The van der Waals surface area contributed by atoms with Crippen LogP contribution in [0.3, 0.4) is 0 Å². The summed E-state index contributed by atoms with van der Waals surface area (Å²) in [5.74, 6) is 0.843. The number of aromatic amines is 1. The lowest BCUT2D eigenvalue weighted by Crippen LogP contribution is -1.98. The van der Waals surface area contributed by atoms with Gasteiger partial charge >= 0.3 is 0 Å². The fraction of sp³-hybridized carbons (Fsp3) is 0.0556. The molecule has 4 rings (SSSR count). The van der Waals surface area contributed by atoms with Crippen molar-refractivity contribution in [3.63, 3.8) is 0 Å². The third-order valence-corrected chi connectivity index (χ3v) is 3.81. The van der Waals surface area contributed by atoms with Gasteiger partial charge in [0.2, 0.25) is 0 Å². The molecule has 2 heterocycles. The van der Waals surface area contributed by atoms with Crippen LogP contribution < -0.4 is 0 Å². The Hall–Kier alpha value is -2.68. The van der Waals surface area contributed by atoms with Gasteiger partial charge in [0.05, 0.1) is 11.7 Å². The Morgan fingerprint density at radius 2 is 1.86 bits per heavy atom. The smallest absolute Gasteiger partial charge is 0.114 e. The van der Waals surface area contributed by atoms with Gasteiger partial charge in [0.1, 0.15) is 11.3 Å². The van der Waals surface area contributed by atoms with E-state index in [-0.39, 0.29) is 5.92 Å². The summed E-state index contributed by atoms with van der Waals surface area (Å²) in [5, 5.41) is 2.46. The second-order valence-electron chi connectivity index (χ2n) is 5.17. The lowest BCUT2D eigenvalue weighted by atomic mass is 9.97. The minimum Gasteiger partial charge on any atom is -0.341 e. The van der Waals surface area contributed by atoms with Gasteiger partial charge in [-0.1, -0.05) is 42.5 Å². The minimum absolute atomic E-state index is 0.0259. The highest BCUT2D eigenvalue weighted by Gasteiger charge is 2.13. The normalized spacial score (nSPS) is 12.8. The van der Waals surface area contributed by atoms with Crippen molar-refractivity contribution in [2.24, 2.45) is 0 Å². The van der Waals surface area contributed by atoms with Crippen molar-refractivity contribution in [1.82, 2.24) is 15.0 Å². The zero-order chi connectivity index (χ0) is 14.2. The summed E-state index contributed by atoms with van der Waals surface area (Å²) in [7, 11) is 0. The number of aromatic nitrogens is 3. The fourth-order valence-corrected chi connectivity index (χ4v) is 2.62. The molecular weight excluding hydrogens is 258 g/mol. The summed E-state index contributed by atoms with van der Waals surface area (Å²) in [6, 6.07) is 16.7. The number of H-pyrrole nitrogens is 1. The maximum Gasteiger partial charge on any atom is 0.114 e. The van der Waals surface area contributed by atoms with Crippen LogP contribution in [0.4, 0.5) is 0 Å². The Kier molecular flexibility index (Phi) is 2.71. The number of rotatable bonds is 2. The Morgan fingerprint density at radius 3 is 2.71 bits per heavy atom. The van der Waals surface area contributed by atoms with E-state index >= 15 is 0 Å². The largest absolute Gasteiger partial charge is 0.341 e. The number of hydrogen-bond donors (Lipinski definition) is 1. The van der Waals surface area contributed by atoms with E-state index in [1.165, 1.54) is 10.8 Å². The Bertz CT molecular complexity index is 891. The average molecular weight is 272 g/mol. The van der Waals surface area contributed by atoms with Crippen molar-refractivity contribution >= 4 is 21.8 Å². The topological polar surface area (TPSA) is 41.6 Å². The van der Waals surface area contributed by atoms with Crippen LogP contribution in [0.2, 0.25) is 0 Å². The van der Waals surface area contributed by atoms with Crippen molar-refractivity contribution in [2.75, 3.05) is 0 Å². The molecule has 2 aromatic carbocycles. The quantitative estimate of drug-likeness (QED) is 0.597. The molecule has 0 fully saturated rings. The predicted octanol–water partition coefficient (Wildman–Crippen LogP) is 4.08. The van der Waals surface area contributed by atoms with Crippen molar-refractivity contribution < 1.29 is 0 Å². The standard InChI is InChI=1S/C18H14N3/c1-12(18-20-16-8-9-19-11-17(16)21-18)14-7-6-13-4-2-3-5-15(13)10-14/h2-12H,1H2,(H,20,21). The summed E-state index contributed by atoms with van der Waals surface area (Å²) in [6.45, 7) is 4.27. The molecule has 0 amide bonds. The lowest BCUT2D eigenvalue weighted by Gasteiger charge is -2.10. The number of imidazole rings is 1. The number of hydrogen-bond acceptors (Lipinski definition) is 2. The summed E-state index contributed by atoms with van der Waals surface area (Å²) in [5.41, 5.74) is 3.03. The highest BCUT2D eigenvalue weighted by molar-refractivity contribution is 5.83. The molecule has 0 spiro atoms. The van der Waals surface area contributed by atoms with Gasteiger partial charge in [-0.15, -0.1) is 0 Å². The molecule has 1 unspecified atom stereocenters. The van der Waals surface area contributed by atoms with Crippen LogP contribution in [-0.4, -0.2) is 15.0 Å². The van der Waals surface area contributed by atoms with E-state index in [0.717, 1.165) is 22.4 Å². The van der Waals surface area contributed by atoms with Gasteiger partial charge in [-0.25, -0.2) is 4.98 Å². The molecule has 0 aliphatic heterocycles. The molecule has 21 heavy (non-hydrogen) atoms. The van der Waals surface area contributed by atoms with Crippen LogP contribution in [-0.2, 0) is 0 Å². The van der Waals surface area contributed by atoms with E-state index in [1.54, 1.807) is 12.4 Å². The lowest BCUT2D eigenvalue weighted by molar-refractivity contribution is 0.923. The number of pyridine rings is 1. The maximum atomic E-state index is 4.59. The second kappa shape index (κ2) is 4.70. The van der Waals surface area contributed by atoms with E-state index in [1.807, 2.05) is 6.07 Å². The van der Waals surface area contributed by atoms with Crippen LogP contribution in [0.1, 0.15) is 17.3 Å². The van der Waals surface area contributed by atoms with Crippen molar-refractivity contribution in [3.05, 3.63) is 79.2 Å². The Balaban J connectivity index is 1.79. The molecule has 1 N–H and O–H groups in total. The highest BCUT2D eigenvalue weighted by Crippen LogP contribution is 2.26. The van der Waals surface area contributed by atoms with Crippen LogP contribution in [0.5, 0.6) is 0 Å². The molecule has 2 aromatic heterocycles. The zero-order valence-electron chi connectivity index (χ0n) is 11.5. The molecule has 1 atom stereocenters. The van der Waals surface area contributed by atoms with Crippen molar-refractivity contribution in [3.8, 4) is 0 Å². The molecule has 0 bridgehead atoms. The monoisotopic (exact) mass is 272 g/mol. The predicted molar refractivity (Wildman–Crippen MR) is 85.0 cm³/mol. The maximum absolute atomic E-state index is 4.59. The van der Waals surface area contributed by atoms with Gasteiger partial charge in [-0.05, 0) is 29.3 Å². The third kappa shape index (κ3) is 2.07. The third-order valence-electron chi connectivity index (χ3n) is 3.81. The molecule has 0 saturated carbocycles. The van der Waals surface area contributed by atoms with E-state index in [4.69, 9.17) is 0 Å². The molecule has 4 aromatic rings. The van der Waals surface area contributed by atoms with E-state index < -0.39 is 0 Å². The summed E-state index contributed by atoms with van der Waals surface area (Å²) >= 11 is 0. The fourth-order valence-electron chi connectivity index (χ4n) is 2.62. The van der Waals surface area contributed by atoms with E-state index in [9.17, 15) is 0 Å². The van der Waals surface area contributed by atoms with Gasteiger partial charge in [0.15, 0.2) is 0 Å². The SMILES string of the molecule is [CH2]C(c1ccc2ccccc2c1)c1nc2cnccc2[nH]1. The second-order valence-corrected chi connectivity index (χ2v) is 5.17. The first kappa shape index (κ1) is 12.1. The number of benzene rings is 2. The Morgan fingerprint density at radius 1 is 1.00 bits per heavy atom. The van der Waals surface area contributed by atoms with Gasteiger partial charge in [0, 0.05) is 12.1 Å². The summed E-state index contributed by atoms with van der Waals surface area (Å²) in [4.78, 5) is 12.0. The molecule has 1 radical (unpaired) electrons. The van der Waals surface area contributed by atoms with Gasteiger partial charge in [-0.3, -0.25) is 4.98 Å². The van der Waals surface area contributed by atoms with E-state index in [2.05, 4.69) is 64.3 Å². The zero-order valence-corrected chi connectivity index (χ0v) is 11.5. The molecule has 0 aliphatic rings. The molecule has 3 nitrogen and oxygen atoms in total. The van der Waals surface area contributed by atoms with Gasteiger partial charge in [0.25, 0.3) is 0 Å². The molecule has 101 valence electrons. The summed E-state index contributed by atoms with van der Waals surface area (Å²) < 4.78 is 0. The van der Waals surface area contributed by atoms with Gasteiger partial charge in [-0.2, -0.15) is 0 Å². The first-order valence-corrected chi connectivity index (χ1v) is 6.93. The average Bonchev–Trinajstić information content (AvgIpc) is 2.97. The van der Waals surface area contributed by atoms with Crippen LogP contribution in [0.25, 0.3) is 21.8 Å². The van der Waals surface area contributed by atoms with Crippen LogP contribution >= 0.6 is 0 Å². The van der Waals surface area contributed by atoms with Crippen LogP contribution in [0.15, 0.2) is 60.9 Å². The van der Waals surface area contributed by atoms with Crippen molar-refractivity contribution in [1.29, 1.82) is 0 Å². The number of nitrogens with zero attached hydrogens (tertiary/aromatic N) is 2. The number of nitrogens with one attached hydrogen (secondary N) is 1.